The molecule has 0 bridgehead atoms. The Bertz CT molecular complexity index is 528. The van der Waals surface area contributed by atoms with Gasteiger partial charge in [-0.1, -0.05) is 13.8 Å². The molecule has 1 aliphatic rings. The Hall–Kier alpha value is -1.43. The van der Waals surface area contributed by atoms with Crippen LogP contribution >= 0.6 is 11.3 Å². The van der Waals surface area contributed by atoms with Gasteiger partial charge in [0.25, 0.3) is 0 Å². The first-order valence-electron chi connectivity index (χ1n) is 6.95. The molecule has 1 aromatic rings. The molecule has 1 N–H and O–H groups in total. The molecule has 5 nitrogen and oxygen atoms in total. The molecule has 0 aromatic carbocycles. The molecule has 0 spiro atoms. The molecule has 1 aliphatic heterocycles. The summed E-state index contributed by atoms with van der Waals surface area (Å²) in [7, 11) is 0. The van der Waals surface area contributed by atoms with Gasteiger partial charge < -0.3 is 10.2 Å². The van der Waals surface area contributed by atoms with Gasteiger partial charge in [0.15, 0.2) is 0 Å². The average molecular weight is 295 g/mol. The topological polar surface area (TPSA) is 62.3 Å². The number of hydrogen-bond acceptors (Lipinski definition) is 4. The minimum absolute atomic E-state index is 0.0119. The number of aromatic nitrogens is 1. The van der Waals surface area contributed by atoms with E-state index < -0.39 is 11.6 Å². The van der Waals surface area contributed by atoms with Crippen molar-refractivity contribution in [1.82, 2.24) is 15.2 Å². The summed E-state index contributed by atoms with van der Waals surface area (Å²) in [6.07, 6.45) is 1.20. The highest BCUT2D eigenvalue weighted by molar-refractivity contribution is 7.09. The van der Waals surface area contributed by atoms with Crippen molar-refractivity contribution in [2.45, 2.75) is 58.7 Å². The van der Waals surface area contributed by atoms with Gasteiger partial charge in [0, 0.05) is 5.38 Å². The number of thiazole rings is 1. The maximum atomic E-state index is 12.6. The van der Waals surface area contributed by atoms with Crippen molar-refractivity contribution in [3.8, 4) is 0 Å². The van der Waals surface area contributed by atoms with Crippen LogP contribution in [0.15, 0.2) is 5.38 Å². The second-order valence-electron chi connectivity index (χ2n) is 5.34. The largest absolute Gasteiger partial charge is 0.342 e. The van der Waals surface area contributed by atoms with Gasteiger partial charge in [0.2, 0.25) is 11.8 Å². The zero-order valence-electron chi connectivity index (χ0n) is 12.4. The van der Waals surface area contributed by atoms with Gasteiger partial charge in [0.1, 0.15) is 11.6 Å². The quantitative estimate of drug-likeness (QED) is 0.922. The number of carbonyl (C=O) groups is 2. The van der Waals surface area contributed by atoms with Gasteiger partial charge in [-0.3, -0.25) is 9.59 Å². The fourth-order valence-electron chi connectivity index (χ4n) is 2.45. The molecule has 0 radical (unpaired) electrons. The molecule has 2 amide bonds. The average Bonchev–Trinajstić information content (AvgIpc) is 2.84. The lowest BCUT2D eigenvalue weighted by atomic mass is 9.90. The third-order valence-corrected chi connectivity index (χ3v) is 4.86. The Balaban J connectivity index is 2.32. The van der Waals surface area contributed by atoms with Crippen molar-refractivity contribution >= 4 is 23.2 Å². The Morgan fingerprint density at radius 1 is 1.45 bits per heavy atom. The standard InChI is InChI=1S/C14H21N3O2S/c1-5-11-12(18)17(7-10-8-20-9(3)15-10)14(4,6-2)13(19)16-11/h8,11H,5-7H2,1-4H3,(H,16,19). The second kappa shape index (κ2) is 5.52. The van der Waals surface area contributed by atoms with E-state index in [0.29, 0.717) is 19.4 Å². The highest BCUT2D eigenvalue weighted by Crippen LogP contribution is 2.28. The van der Waals surface area contributed by atoms with Gasteiger partial charge in [-0.2, -0.15) is 0 Å². The molecule has 1 aromatic heterocycles. The summed E-state index contributed by atoms with van der Waals surface area (Å²) in [5.74, 6) is -0.0829. The lowest BCUT2D eigenvalue weighted by Gasteiger charge is -2.45. The lowest BCUT2D eigenvalue weighted by Crippen LogP contribution is -2.68. The van der Waals surface area contributed by atoms with Gasteiger partial charge in [-0.15, -0.1) is 11.3 Å². The summed E-state index contributed by atoms with van der Waals surface area (Å²) >= 11 is 1.56. The highest BCUT2D eigenvalue weighted by Gasteiger charge is 2.47. The van der Waals surface area contributed by atoms with Gasteiger partial charge >= 0.3 is 0 Å². The van der Waals surface area contributed by atoms with Crippen LogP contribution in [0.5, 0.6) is 0 Å². The van der Waals surface area contributed by atoms with Gasteiger partial charge in [-0.25, -0.2) is 4.98 Å². The molecule has 1 saturated heterocycles. The molecular formula is C14H21N3O2S. The highest BCUT2D eigenvalue weighted by atomic mass is 32.1. The number of nitrogens with one attached hydrogen (secondary N) is 1. The lowest BCUT2D eigenvalue weighted by molar-refractivity contribution is -0.157. The van der Waals surface area contributed by atoms with E-state index in [1.165, 1.54) is 0 Å². The van der Waals surface area contributed by atoms with Crippen molar-refractivity contribution in [1.29, 1.82) is 0 Å². The predicted octanol–water partition coefficient (Wildman–Crippen LogP) is 1.86. The predicted molar refractivity (Wildman–Crippen MR) is 78.3 cm³/mol. The number of rotatable bonds is 4. The molecule has 2 rings (SSSR count). The first-order chi connectivity index (χ1) is 9.42. The van der Waals surface area contributed by atoms with Crippen molar-refractivity contribution < 1.29 is 9.59 Å². The van der Waals surface area contributed by atoms with Crippen molar-refractivity contribution in [3.05, 3.63) is 16.1 Å². The summed E-state index contributed by atoms with van der Waals surface area (Å²) in [5, 5.41) is 5.75. The van der Waals surface area contributed by atoms with E-state index in [1.807, 2.05) is 33.1 Å². The maximum absolute atomic E-state index is 12.6. The Morgan fingerprint density at radius 3 is 2.65 bits per heavy atom. The van der Waals surface area contributed by atoms with Crippen molar-refractivity contribution in [2.75, 3.05) is 0 Å². The summed E-state index contributed by atoms with van der Waals surface area (Å²) < 4.78 is 0. The van der Waals surface area contributed by atoms with E-state index in [1.54, 1.807) is 16.2 Å². The number of piperazine rings is 1. The molecule has 1 fully saturated rings. The van der Waals surface area contributed by atoms with Crippen molar-refractivity contribution in [2.24, 2.45) is 0 Å². The van der Waals surface area contributed by atoms with E-state index in [-0.39, 0.29) is 11.8 Å². The van der Waals surface area contributed by atoms with Crippen molar-refractivity contribution in [3.63, 3.8) is 0 Å². The monoisotopic (exact) mass is 295 g/mol. The maximum Gasteiger partial charge on any atom is 0.246 e. The van der Waals surface area contributed by atoms with Crippen LogP contribution in [0.4, 0.5) is 0 Å². The third kappa shape index (κ3) is 2.44. The normalized spacial score (nSPS) is 26.8. The zero-order chi connectivity index (χ0) is 14.9. The number of hydrogen-bond donors (Lipinski definition) is 1. The minimum atomic E-state index is -0.791. The first-order valence-corrected chi connectivity index (χ1v) is 7.83. The Kier molecular flexibility index (Phi) is 4.13. The van der Waals surface area contributed by atoms with E-state index in [2.05, 4.69) is 10.3 Å². The molecule has 2 heterocycles. The van der Waals surface area contributed by atoms with E-state index >= 15 is 0 Å². The number of nitrogens with zero attached hydrogens (tertiary/aromatic N) is 2. The number of carbonyl (C=O) groups excluding carboxylic acids is 2. The molecule has 0 aliphatic carbocycles. The van der Waals surface area contributed by atoms with Crippen LogP contribution in [-0.2, 0) is 16.1 Å². The number of amides is 2. The Morgan fingerprint density at radius 2 is 2.15 bits per heavy atom. The van der Waals surface area contributed by atoms with Crippen LogP contribution in [-0.4, -0.2) is 33.3 Å². The van der Waals surface area contributed by atoms with E-state index in [9.17, 15) is 9.59 Å². The van der Waals surface area contributed by atoms with E-state index in [4.69, 9.17) is 0 Å². The zero-order valence-corrected chi connectivity index (χ0v) is 13.2. The van der Waals surface area contributed by atoms with Crippen LogP contribution in [0.3, 0.4) is 0 Å². The minimum Gasteiger partial charge on any atom is -0.342 e. The fourth-order valence-corrected chi connectivity index (χ4v) is 3.06. The molecular weight excluding hydrogens is 274 g/mol. The SMILES string of the molecule is CCC1NC(=O)C(C)(CC)N(Cc2csc(C)n2)C1=O. The van der Waals surface area contributed by atoms with Gasteiger partial charge in [-0.05, 0) is 26.7 Å². The fraction of sp³-hybridized carbons (Fsp3) is 0.643. The molecule has 6 heteroatoms. The van der Waals surface area contributed by atoms with Crippen LogP contribution in [0, 0.1) is 6.92 Å². The smallest absolute Gasteiger partial charge is 0.246 e. The summed E-state index contributed by atoms with van der Waals surface area (Å²) in [6.45, 7) is 8.00. The van der Waals surface area contributed by atoms with Crippen LogP contribution < -0.4 is 5.32 Å². The second-order valence-corrected chi connectivity index (χ2v) is 6.41. The Labute approximate surface area is 123 Å². The summed E-state index contributed by atoms with van der Waals surface area (Å²) in [5.41, 5.74) is 0.0605. The van der Waals surface area contributed by atoms with E-state index in [0.717, 1.165) is 10.7 Å². The molecule has 2 atom stereocenters. The van der Waals surface area contributed by atoms with Crippen LogP contribution in [0.25, 0.3) is 0 Å². The third-order valence-electron chi connectivity index (χ3n) is 4.04. The first kappa shape index (κ1) is 15.0. The summed E-state index contributed by atoms with van der Waals surface area (Å²) in [6, 6.07) is -0.415. The molecule has 2 unspecified atom stereocenters. The summed E-state index contributed by atoms with van der Waals surface area (Å²) in [4.78, 5) is 31.0. The van der Waals surface area contributed by atoms with Crippen LogP contribution in [0.1, 0.15) is 44.3 Å². The molecule has 0 saturated carbocycles. The van der Waals surface area contributed by atoms with Gasteiger partial charge in [0.05, 0.1) is 17.2 Å². The number of aryl methyl sites for hydroxylation is 1. The molecule has 110 valence electrons. The van der Waals surface area contributed by atoms with Crippen LogP contribution in [0.2, 0.25) is 0 Å². The molecule has 20 heavy (non-hydrogen) atoms.